The maximum atomic E-state index is 12.4. The molecule has 1 amide bonds. The Morgan fingerprint density at radius 2 is 1.88 bits per heavy atom. The van der Waals surface area contributed by atoms with Crippen LogP contribution in [0.4, 0.5) is 4.79 Å². The summed E-state index contributed by atoms with van der Waals surface area (Å²) in [7, 11) is 0. The Hall–Kier alpha value is -2.39. The molecule has 1 fully saturated rings. The number of carbonyl (C=O) groups excluding carboxylic acids is 2. The van der Waals surface area contributed by atoms with E-state index >= 15 is 0 Å². The van der Waals surface area contributed by atoms with E-state index in [0.717, 1.165) is 5.56 Å². The molecule has 1 saturated heterocycles. The minimum Gasteiger partial charge on any atom is -0.444 e. The maximum absolute atomic E-state index is 12.4. The molecule has 2 rings (SSSR count). The number of Topliss-reactive ketones (excluding diaryl/α,β-unsaturated/α-hetero) is 1. The Balaban J connectivity index is 1.77. The lowest BCUT2D eigenvalue weighted by atomic mass is 9.76. The van der Waals surface area contributed by atoms with E-state index in [1.54, 1.807) is 20.8 Å². The van der Waals surface area contributed by atoms with Crippen molar-refractivity contribution in [2.75, 3.05) is 19.7 Å². The van der Waals surface area contributed by atoms with Gasteiger partial charge in [-0.05, 0) is 26.3 Å². The van der Waals surface area contributed by atoms with Gasteiger partial charge in [-0.2, -0.15) is 5.26 Å². The molecule has 0 atom stereocenters. The van der Waals surface area contributed by atoms with E-state index in [0.29, 0.717) is 6.61 Å². The van der Waals surface area contributed by atoms with Gasteiger partial charge in [0.05, 0.1) is 32.4 Å². The molecule has 1 aromatic carbocycles. The molecule has 1 aromatic rings. The third kappa shape index (κ3) is 5.04. The first-order chi connectivity index (χ1) is 11.8. The van der Waals surface area contributed by atoms with Crippen LogP contribution in [0.2, 0.25) is 0 Å². The van der Waals surface area contributed by atoms with Crippen LogP contribution in [-0.4, -0.2) is 42.1 Å². The topological polar surface area (TPSA) is 79.6 Å². The molecule has 1 aliphatic rings. The van der Waals surface area contributed by atoms with Crippen molar-refractivity contribution in [3.8, 4) is 6.07 Å². The number of hydrogen-bond donors (Lipinski definition) is 0. The van der Waals surface area contributed by atoms with Crippen LogP contribution in [0.3, 0.4) is 0 Å². The molecular weight excluding hydrogens is 320 g/mol. The lowest BCUT2D eigenvalue weighted by Gasteiger charge is -2.44. The molecule has 0 aliphatic carbocycles. The number of nitriles is 1. The highest BCUT2D eigenvalue weighted by molar-refractivity contribution is 5.91. The molecule has 0 N–H and O–H groups in total. The second kappa shape index (κ2) is 7.66. The summed E-state index contributed by atoms with van der Waals surface area (Å²) in [6, 6.07) is 11.7. The fourth-order valence-electron chi connectivity index (χ4n) is 2.54. The van der Waals surface area contributed by atoms with Crippen molar-refractivity contribution >= 4 is 11.9 Å². The maximum Gasteiger partial charge on any atom is 0.410 e. The monoisotopic (exact) mass is 344 g/mol. The fourth-order valence-corrected chi connectivity index (χ4v) is 2.54. The van der Waals surface area contributed by atoms with Gasteiger partial charge in [0, 0.05) is 6.42 Å². The summed E-state index contributed by atoms with van der Waals surface area (Å²) < 4.78 is 10.8. The summed E-state index contributed by atoms with van der Waals surface area (Å²) >= 11 is 0. The van der Waals surface area contributed by atoms with E-state index in [1.807, 2.05) is 30.3 Å². The first-order valence-electron chi connectivity index (χ1n) is 8.30. The smallest absolute Gasteiger partial charge is 0.410 e. The molecule has 0 radical (unpaired) electrons. The number of rotatable bonds is 6. The zero-order chi connectivity index (χ0) is 18.5. The Bertz CT molecular complexity index is 652. The Kier molecular flexibility index (Phi) is 5.81. The van der Waals surface area contributed by atoms with Crippen molar-refractivity contribution in [3.63, 3.8) is 0 Å². The van der Waals surface area contributed by atoms with Crippen LogP contribution < -0.4 is 0 Å². The van der Waals surface area contributed by atoms with Crippen molar-refractivity contribution in [1.29, 1.82) is 5.26 Å². The Morgan fingerprint density at radius 1 is 1.24 bits per heavy atom. The second-order valence-electron chi connectivity index (χ2n) is 7.24. The van der Waals surface area contributed by atoms with Gasteiger partial charge in [-0.3, -0.25) is 4.79 Å². The second-order valence-corrected chi connectivity index (χ2v) is 7.24. The Morgan fingerprint density at radius 3 is 2.44 bits per heavy atom. The van der Waals surface area contributed by atoms with Gasteiger partial charge in [-0.25, -0.2) is 4.79 Å². The number of ether oxygens (including phenoxy) is 2. The number of ketones is 1. The molecule has 1 heterocycles. The van der Waals surface area contributed by atoms with E-state index in [2.05, 4.69) is 6.07 Å². The highest BCUT2D eigenvalue weighted by Gasteiger charge is 2.51. The third-order valence-electron chi connectivity index (χ3n) is 3.91. The van der Waals surface area contributed by atoms with Gasteiger partial charge >= 0.3 is 6.09 Å². The molecule has 1 aliphatic heterocycles. The predicted molar refractivity (Wildman–Crippen MR) is 91.6 cm³/mol. The van der Waals surface area contributed by atoms with Crippen LogP contribution in [0.25, 0.3) is 0 Å². The highest BCUT2D eigenvalue weighted by Crippen LogP contribution is 2.33. The molecule has 0 saturated carbocycles. The van der Waals surface area contributed by atoms with Gasteiger partial charge in [0.1, 0.15) is 5.60 Å². The molecule has 0 spiro atoms. The van der Waals surface area contributed by atoms with Crippen LogP contribution in [0.15, 0.2) is 30.3 Å². The predicted octanol–water partition coefficient (Wildman–Crippen LogP) is 2.92. The SMILES string of the molecule is CC(C)(C)OC(=O)N1CC(C#N)(C(=O)CCOCc2ccccc2)C1. The average Bonchev–Trinajstić information content (AvgIpc) is 2.50. The normalized spacial score (nSPS) is 15.8. The first-order valence-corrected chi connectivity index (χ1v) is 8.30. The first kappa shape index (κ1) is 18.9. The summed E-state index contributed by atoms with van der Waals surface area (Å²) in [6.07, 6.45) is -0.339. The Labute approximate surface area is 148 Å². The summed E-state index contributed by atoms with van der Waals surface area (Å²) in [5.41, 5.74) is -0.700. The number of hydrogen-bond acceptors (Lipinski definition) is 5. The van der Waals surface area contributed by atoms with Gasteiger partial charge < -0.3 is 14.4 Å². The van der Waals surface area contributed by atoms with E-state index in [-0.39, 0.29) is 31.9 Å². The zero-order valence-corrected chi connectivity index (χ0v) is 14.9. The number of carbonyl (C=O) groups is 2. The quantitative estimate of drug-likeness (QED) is 0.741. The zero-order valence-electron chi connectivity index (χ0n) is 14.9. The molecule has 0 aromatic heterocycles. The van der Waals surface area contributed by atoms with Crippen molar-refractivity contribution in [2.45, 2.75) is 39.4 Å². The largest absolute Gasteiger partial charge is 0.444 e. The molecule has 0 bridgehead atoms. The molecule has 6 heteroatoms. The summed E-state index contributed by atoms with van der Waals surface area (Å²) in [5, 5.41) is 9.38. The van der Waals surface area contributed by atoms with Crippen LogP contribution >= 0.6 is 0 Å². The van der Waals surface area contributed by atoms with E-state index in [1.165, 1.54) is 4.90 Å². The van der Waals surface area contributed by atoms with Gasteiger partial charge in [0.25, 0.3) is 0 Å². The lowest BCUT2D eigenvalue weighted by Crippen LogP contribution is -2.62. The summed E-state index contributed by atoms with van der Waals surface area (Å²) in [5.74, 6) is -0.192. The minimum absolute atomic E-state index is 0.0793. The molecule has 134 valence electrons. The number of amides is 1. The van der Waals surface area contributed by atoms with Crippen LogP contribution in [0, 0.1) is 16.7 Å². The van der Waals surface area contributed by atoms with Crippen molar-refractivity contribution in [3.05, 3.63) is 35.9 Å². The average molecular weight is 344 g/mol. The number of likely N-dealkylation sites (tertiary alicyclic amines) is 1. The summed E-state index contributed by atoms with van der Waals surface area (Å²) in [4.78, 5) is 25.7. The van der Waals surface area contributed by atoms with Gasteiger partial charge in [0.15, 0.2) is 11.2 Å². The van der Waals surface area contributed by atoms with E-state index in [4.69, 9.17) is 9.47 Å². The van der Waals surface area contributed by atoms with Crippen molar-refractivity contribution in [2.24, 2.45) is 5.41 Å². The summed E-state index contributed by atoms with van der Waals surface area (Å²) in [6.45, 7) is 6.17. The molecule has 25 heavy (non-hydrogen) atoms. The molecule has 0 unspecified atom stereocenters. The van der Waals surface area contributed by atoms with Gasteiger partial charge in [-0.15, -0.1) is 0 Å². The van der Waals surface area contributed by atoms with Crippen molar-refractivity contribution < 1.29 is 19.1 Å². The standard InChI is InChI=1S/C19H24N2O4/c1-18(2,3)25-17(23)21-13-19(12-20,14-21)16(22)9-10-24-11-15-7-5-4-6-8-15/h4-8H,9-11,13-14H2,1-3H3. The number of benzene rings is 1. The minimum atomic E-state index is -1.13. The van der Waals surface area contributed by atoms with Crippen LogP contribution in [-0.2, 0) is 20.9 Å². The highest BCUT2D eigenvalue weighted by atomic mass is 16.6. The fraction of sp³-hybridized carbons (Fsp3) is 0.526. The van der Waals surface area contributed by atoms with Crippen molar-refractivity contribution in [1.82, 2.24) is 4.90 Å². The molecule has 6 nitrogen and oxygen atoms in total. The van der Waals surface area contributed by atoms with E-state index in [9.17, 15) is 14.9 Å². The lowest BCUT2D eigenvalue weighted by molar-refractivity contribution is -0.134. The van der Waals surface area contributed by atoms with Crippen LogP contribution in [0.5, 0.6) is 0 Å². The number of nitrogens with zero attached hydrogens (tertiary/aromatic N) is 2. The van der Waals surface area contributed by atoms with E-state index < -0.39 is 17.1 Å². The third-order valence-corrected chi connectivity index (χ3v) is 3.91. The molecular formula is C19H24N2O4. The van der Waals surface area contributed by atoms with Gasteiger partial charge in [0.2, 0.25) is 0 Å². The van der Waals surface area contributed by atoms with Crippen LogP contribution in [0.1, 0.15) is 32.8 Å². The van der Waals surface area contributed by atoms with Gasteiger partial charge in [-0.1, -0.05) is 30.3 Å².